The largest absolute Gasteiger partial charge is 0.507 e. The Kier molecular flexibility index (Phi) is 25.6. The average Bonchev–Trinajstić information content (AvgIpc) is 1.63. The Morgan fingerprint density at radius 3 is 1.78 bits per heavy atom. The van der Waals surface area contributed by atoms with E-state index in [2.05, 4.69) is 25.3 Å². The number of hydrogen-bond acceptors (Lipinski definition) is 17. The van der Waals surface area contributed by atoms with Crippen LogP contribution in [-0.4, -0.2) is 120 Å². The maximum atomic E-state index is 13.2. The summed E-state index contributed by atoms with van der Waals surface area (Å²) in [6, 6.07) is 18.3. The van der Waals surface area contributed by atoms with E-state index in [9.17, 15) is 58.5 Å². The first kappa shape index (κ1) is 71.0. The quantitative estimate of drug-likeness (QED) is 0.0113. The fourth-order valence-corrected chi connectivity index (χ4v) is 9.65. The molecule has 26 heteroatoms. The second kappa shape index (κ2) is 32.5. The van der Waals surface area contributed by atoms with E-state index in [1.54, 1.807) is 96.5 Å². The number of nitrogens with zero attached hydrogens (tertiary/aromatic N) is 2. The number of carboxylic acid groups (broad SMARTS) is 2. The van der Waals surface area contributed by atoms with Crippen LogP contribution in [0.2, 0.25) is 0 Å². The minimum absolute atomic E-state index is 0.0540. The van der Waals surface area contributed by atoms with Crippen LogP contribution in [0.5, 0.6) is 17.2 Å². The molecule has 0 spiro atoms. The van der Waals surface area contributed by atoms with Gasteiger partial charge in [-0.1, -0.05) is 37.5 Å². The van der Waals surface area contributed by atoms with Crippen LogP contribution in [0.3, 0.4) is 0 Å². The third-order valence-electron chi connectivity index (χ3n) is 13.1. The average molecular weight is 1360 g/mol. The van der Waals surface area contributed by atoms with Crippen LogP contribution in [0.1, 0.15) is 125 Å². The summed E-state index contributed by atoms with van der Waals surface area (Å²) in [5.74, 6) is -4.36. The van der Waals surface area contributed by atoms with Gasteiger partial charge in [-0.05, 0) is 166 Å². The number of carbonyl (C=O) groups excluding carboxylic acids is 7. The van der Waals surface area contributed by atoms with Gasteiger partial charge in [0.15, 0.2) is 0 Å². The summed E-state index contributed by atoms with van der Waals surface area (Å²) in [7, 11) is 1.23. The van der Waals surface area contributed by atoms with E-state index in [1.165, 1.54) is 56.9 Å². The molecule has 5 amide bonds. The number of nitrogens with one attached hydrogen (secondary N) is 3. The molecule has 1 fully saturated rings. The van der Waals surface area contributed by atoms with Crippen molar-refractivity contribution in [1.29, 1.82) is 0 Å². The molecule has 6 aromatic rings. The maximum Gasteiger partial charge on any atom is 0.408 e. The molecule has 25 nitrogen and oxygen atoms in total. The molecule has 1 aliphatic carbocycles. The van der Waals surface area contributed by atoms with Gasteiger partial charge in [-0.3, -0.25) is 19.2 Å². The van der Waals surface area contributed by atoms with E-state index >= 15 is 0 Å². The van der Waals surface area contributed by atoms with Crippen LogP contribution < -0.4 is 32.2 Å². The van der Waals surface area contributed by atoms with Crippen LogP contribution in [-0.2, 0) is 62.2 Å². The van der Waals surface area contributed by atoms with Crippen molar-refractivity contribution in [2.75, 3.05) is 7.11 Å². The summed E-state index contributed by atoms with van der Waals surface area (Å²) in [5.41, 5.74) is 14.9. The second-order valence-corrected chi connectivity index (χ2v) is 23.8. The number of nitrogens with two attached hydrogens (primary N) is 2. The van der Waals surface area contributed by atoms with Gasteiger partial charge in [0.1, 0.15) is 58.7 Å². The van der Waals surface area contributed by atoms with E-state index in [-0.39, 0.29) is 42.1 Å². The number of rotatable bonds is 20. The third kappa shape index (κ3) is 22.8. The fourth-order valence-electron chi connectivity index (χ4n) is 9.07. The number of imidazole rings is 1. The number of primary amides is 2. The Labute approximate surface area is 532 Å². The number of furan rings is 1. The third-order valence-corrected chi connectivity index (χ3v) is 14.0. The number of aliphatic carboxylic acids is 2. The number of hydrogen-bond donors (Lipinski definition) is 9. The van der Waals surface area contributed by atoms with E-state index in [0.717, 1.165) is 54.7 Å². The molecule has 1 saturated carbocycles. The summed E-state index contributed by atoms with van der Waals surface area (Å²) in [6.45, 7) is 11.4. The standard InChI is InChI=1S/C30H30N4O6.C20H26N2O7.C14H18INO5/c31-28(38)24(15-18-6-10-26(35)19(14-18)8-11-27(36)37)33-30(39)20-7-9-25-23(16-20)32-29(21-12-13-40-17-21)34(25)22-4-2-1-3-5-22;1-12(23)28-16-8-6-13(10-14(16)7-9-17(24)27-5)11-15(18(21)25)22-19(26)29-20(2,3)4;1-14(2,3)21-13(20)16-10(12(18)19)7-8-4-5-11(17)9(15)6-8/h6-14,16-17,22,24,35H,1-5,15H2,(H2,31,38)(H,33,39)(H,36,37);6-10,15H,11H2,1-5H3,(H2,21,25)(H,22,26);4-6,10,17H,7H2,1-3H3,(H,16,20)(H,18,19)/b11-8+;9-7+;/t24-;15-;10-/m000/s1. The van der Waals surface area contributed by atoms with Gasteiger partial charge in [-0.15, -0.1) is 0 Å². The highest BCUT2D eigenvalue weighted by atomic mass is 127. The molecule has 4 aromatic carbocycles. The summed E-state index contributed by atoms with van der Waals surface area (Å²) in [6.07, 6.45) is 12.3. The smallest absolute Gasteiger partial charge is 0.408 e. The number of esters is 2. The molecule has 11 N–H and O–H groups in total. The highest BCUT2D eigenvalue weighted by Crippen LogP contribution is 2.36. The lowest BCUT2D eigenvalue weighted by Gasteiger charge is -2.25. The number of carboxylic acids is 2. The number of phenols is 2. The molecular weight excluding hydrogens is 1280 g/mol. The van der Waals surface area contributed by atoms with Gasteiger partial charge in [0.25, 0.3) is 5.91 Å². The molecule has 0 radical (unpaired) electrons. The van der Waals surface area contributed by atoms with Crippen molar-refractivity contribution in [1.82, 2.24) is 25.5 Å². The molecule has 0 unspecified atom stereocenters. The normalized spacial score (nSPS) is 13.5. The number of alkyl carbamates (subject to hydrolysis) is 2. The molecule has 480 valence electrons. The number of fused-ring (bicyclic) bond motifs is 1. The minimum atomic E-state index is -1.16. The number of ether oxygens (including phenoxy) is 4. The summed E-state index contributed by atoms with van der Waals surface area (Å²) in [5, 5.41) is 45.0. The Morgan fingerprint density at radius 2 is 1.24 bits per heavy atom. The minimum Gasteiger partial charge on any atom is -0.507 e. The van der Waals surface area contributed by atoms with Gasteiger partial charge in [-0.25, -0.2) is 29.0 Å². The number of aromatic hydroxyl groups is 2. The maximum absolute atomic E-state index is 13.2. The molecule has 90 heavy (non-hydrogen) atoms. The number of halogens is 1. The topological polar surface area (TPSA) is 391 Å². The van der Waals surface area contributed by atoms with Crippen molar-refractivity contribution in [2.24, 2.45) is 11.5 Å². The van der Waals surface area contributed by atoms with Crippen molar-refractivity contribution in [2.45, 2.75) is 135 Å². The molecule has 1 aliphatic rings. The number of amides is 5. The van der Waals surface area contributed by atoms with Crippen molar-refractivity contribution >= 4 is 99.6 Å². The molecule has 3 atom stereocenters. The number of benzene rings is 4. The molecule has 0 aliphatic heterocycles. The van der Waals surface area contributed by atoms with Gasteiger partial charge in [0.05, 0.1) is 33.5 Å². The monoisotopic (exact) mass is 1360 g/mol. The molecule has 7 rings (SSSR count). The first-order valence-corrected chi connectivity index (χ1v) is 29.3. The summed E-state index contributed by atoms with van der Waals surface area (Å²) < 4.78 is 28.0. The highest BCUT2D eigenvalue weighted by molar-refractivity contribution is 14.1. The molecule has 0 bridgehead atoms. The lowest BCUT2D eigenvalue weighted by atomic mass is 9.95. The van der Waals surface area contributed by atoms with E-state index in [4.69, 9.17) is 40.2 Å². The van der Waals surface area contributed by atoms with Crippen LogP contribution >= 0.6 is 22.6 Å². The number of methoxy groups -OCH3 is 1. The Hall–Kier alpha value is -9.73. The van der Waals surface area contributed by atoms with Gasteiger partial charge in [0.2, 0.25) is 11.8 Å². The zero-order chi connectivity index (χ0) is 66.6. The molecular formula is C64H74IN7O18. The van der Waals surface area contributed by atoms with Gasteiger partial charge >= 0.3 is 36.1 Å². The van der Waals surface area contributed by atoms with E-state index in [1.807, 2.05) is 34.7 Å². The zero-order valence-electron chi connectivity index (χ0n) is 50.9. The van der Waals surface area contributed by atoms with Crippen LogP contribution in [0, 0.1) is 3.57 Å². The van der Waals surface area contributed by atoms with E-state index < -0.39 is 83.1 Å². The predicted molar refractivity (Wildman–Crippen MR) is 339 cm³/mol. The zero-order valence-corrected chi connectivity index (χ0v) is 53.0. The van der Waals surface area contributed by atoms with Crippen molar-refractivity contribution in [3.05, 3.63) is 140 Å². The Morgan fingerprint density at radius 1 is 0.700 bits per heavy atom. The second-order valence-electron chi connectivity index (χ2n) is 22.7. The highest BCUT2D eigenvalue weighted by Gasteiger charge is 2.28. The van der Waals surface area contributed by atoms with Gasteiger partial charge in [-0.2, -0.15) is 0 Å². The first-order valence-electron chi connectivity index (χ1n) is 28.2. The van der Waals surface area contributed by atoms with Crippen LogP contribution in [0.15, 0.2) is 108 Å². The number of phenolic OH excluding ortho intramolecular Hbond substituents is 2. The van der Waals surface area contributed by atoms with Crippen LogP contribution in [0.25, 0.3) is 34.6 Å². The van der Waals surface area contributed by atoms with Gasteiger partial charge < -0.3 is 75.8 Å². The Balaban J connectivity index is 0.000000260. The van der Waals surface area contributed by atoms with Gasteiger partial charge in [0, 0.05) is 61.1 Å². The number of aromatic nitrogens is 2. The summed E-state index contributed by atoms with van der Waals surface area (Å²) in [4.78, 5) is 110. The van der Waals surface area contributed by atoms with E-state index in [0.29, 0.717) is 42.9 Å². The molecule has 0 saturated heterocycles. The Bertz CT molecular complexity index is 3630. The van der Waals surface area contributed by atoms with Crippen molar-refractivity contribution < 1.29 is 86.9 Å². The molecule has 2 heterocycles. The van der Waals surface area contributed by atoms with Crippen molar-refractivity contribution in [3.8, 4) is 28.6 Å². The fraction of sp³-hybridized carbons (Fsp3) is 0.344. The lowest BCUT2D eigenvalue weighted by Crippen LogP contribution is -2.47. The summed E-state index contributed by atoms with van der Waals surface area (Å²) >= 11 is 1.95. The first-order chi connectivity index (χ1) is 42.3. The predicted octanol–water partition coefficient (Wildman–Crippen LogP) is 8.67. The number of carbonyl (C=O) groups is 9. The molecule has 2 aromatic heterocycles. The van der Waals surface area contributed by atoms with Crippen LogP contribution in [0.4, 0.5) is 9.59 Å². The lowest BCUT2D eigenvalue weighted by molar-refractivity contribution is -0.139. The SMILES string of the molecule is CC(C)(C)OC(=O)N[C@@H](Cc1ccc(O)c(I)c1)C(=O)O.COC(=O)/C=C/c1cc(C[C@H](NC(=O)OC(C)(C)C)C(N)=O)ccc1OC(C)=O.NC(=O)[C@H](Cc1ccc(O)c(/C=C/C(=O)O)c1)NC(=O)c1ccc2c(c1)nc(-c1ccoc1)n2C1CCCCC1. The van der Waals surface area contributed by atoms with Crippen molar-refractivity contribution in [3.63, 3.8) is 0 Å².